The summed E-state index contributed by atoms with van der Waals surface area (Å²) >= 11 is 0. The zero-order chi connectivity index (χ0) is 18.7. The summed E-state index contributed by atoms with van der Waals surface area (Å²) in [5.41, 5.74) is 4.09. The molecule has 0 radical (unpaired) electrons. The summed E-state index contributed by atoms with van der Waals surface area (Å²) < 4.78 is 7.77. The Morgan fingerprint density at radius 1 is 1.23 bits per heavy atom. The number of nitrogens with one attached hydrogen (secondary N) is 1. The smallest absolute Gasteiger partial charge is 0.255 e. The number of rotatable bonds is 6. The van der Waals surface area contributed by atoms with Crippen LogP contribution in [0.4, 0.5) is 5.69 Å². The van der Waals surface area contributed by atoms with E-state index in [9.17, 15) is 4.79 Å². The molecule has 3 aromatic rings. The van der Waals surface area contributed by atoms with Crippen LogP contribution in [-0.4, -0.2) is 47.6 Å². The number of carbonyl (C=O) groups is 1. The molecule has 1 heterocycles. The second kappa shape index (κ2) is 7.58. The number of hydrogen-bond acceptors (Lipinski definition) is 4. The number of ether oxygens (including phenoxy) is 1. The fraction of sp³-hybridized carbons (Fsp3) is 0.300. The molecule has 0 unspecified atom stereocenters. The summed E-state index contributed by atoms with van der Waals surface area (Å²) in [6.45, 7) is 3.34. The molecule has 0 spiro atoms. The Morgan fingerprint density at radius 3 is 2.81 bits per heavy atom. The van der Waals surface area contributed by atoms with E-state index in [2.05, 4.69) is 15.2 Å². The van der Waals surface area contributed by atoms with Crippen molar-refractivity contribution in [3.05, 3.63) is 53.9 Å². The Balaban J connectivity index is 1.79. The van der Waals surface area contributed by atoms with Crippen molar-refractivity contribution in [3.63, 3.8) is 0 Å². The van der Waals surface area contributed by atoms with E-state index in [4.69, 9.17) is 4.74 Å². The molecule has 0 aliphatic rings. The molecule has 6 nitrogen and oxygen atoms in total. The van der Waals surface area contributed by atoms with Crippen LogP contribution < -0.4 is 10.1 Å². The van der Waals surface area contributed by atoms with Gasteiger partial charge in [0.1, 0.15) is 12.4 Å². The summed E-state index contributed by atoms with van der Waals surface area (Å²) in [6.07, 6.45) is 1.74. The highest BCUT2D eigenvalue weighted by molar-refractivity contribution is 6.06. The van der Waals surface area contributed by atoms with Gasteiger partial charge in [0.25, 0.3) is 5.91 Å². The van der Waals surface area contributed by atoms with Crippen LogP contribution in [0.25, 0.3) is 11.0 Å². The number of carbonyl (C=O) groups excluding carboxylic acids is 1. The normalized spacial score (nSPS) is 11.1. The van der Waals surface area contributed by atoms with E-state index >= 15 is 0 Å². The van der Waals surface area contributed by atoms with Gasteiger partial charge < -0.3 is 19.5 Å². The maximum atomic E-state index is 12.7. The molecule has 0 bridgehead atoms. The number of fused-ring (bicyclic) bond motifs is 1. The Kier molecular flexibility index (Phi) is 5.23. The summed E-state index contributed by atoms with van der Waals surface area (Å²) in [5, 5.41) is 2.97. The Hall–Kier alpha value is -2.86. The van der Waals surface area contributed by atoms with Crippen molar-refractivity contribution >= 4 is 22.6 Å². The van der Waals surface area contributed by atoms with Crippen LogP contribution >= 0.6 is 0 Å². The summed E-state index contributed by atoms with van der Waals surface area (Å²) in [4.78, 5) is 19.1. The number of aryl methyl sites for hydroxylation is 2. The van der Waals surface area contributed by atoms with Crippen LogP contribution in [0.5, 0.6) is 5.75 Å². The molecule has 0 fully saturated rings. The molecule has 0 saturated carbocycles. The van der Waals surface area contributed by atoms with Crippen LogP contribution in [-0.2, 0) is 7.05 Å². The molecular weight excluding hydrogens is 328 g/mol. The lowest BCUT2D eigenvalue weighted by Gasteiger charge is -2.15. The van der Waals surface area contributed by atoms with E-state index < -0.39 is 0 Å². The molecule has 3 rings (SSSR count). The molecule has 1 N–H and O–H groups in total. The summed E-state index contributed by atoms with van der Waals surface area (Å²) in [7, 11) is 5.92. The minimum atomic E-state index is -0.180. The van der Waals surface area contributed by atoms with Crippen LogP contribution in [0, 0.1) is 6.92 Å². The Morgan fingerprint density at radius 2 is 2.04 bits per heavy atom. The largest absolute Gasteiger partial charge is 0.490 e. The molecule has 136 valence electrons. The van der Waals surface area contributed by atoms with Gasteiger partial charge in [0, 0.05) is 19.2 Å². The number of imidazole rings is 1. The van der Waals surface area contributed by atoms with Crippen LogP contribution in [0.1, 0.15) is 15.9 Å². The molecule has 0 aliphatic carbocycles. The molecular formula is C20H24N4O2. The van der Waals surface area contributed by atoms with Crippen molar-refractivity contribution in [2.24, 2.45) is 7.05 Å². The van der Waals surface area contributed by atoms with Gasteiger partial charge in [-0.3, -0.25) is 4.79 Å². The predicted octanol–water partition coefficient (Wildman–Crippen LogP) is 3.07. The lowest BCUT2D eigenvalue weighted by molar-refractivity contribution is 0.102. The second-order valence-corrected chi connectivity index (χ2v) is 6.66. The first-order chi connectivity index (χ1) is 12.4. The lowest BCUT2D eigenvalue weighted by atomic mass is 10.1. The first kappa shape index (κ1) is 17.9. The van der Waals surface area contributed by atoms with Gasteiger partial charge in [-0.05, 0) is 56.9 Å². The van der Waals surface area contributed by atoms with Crippen molar-refractivity contribution in [3.8, 4) is 5.75 Å². The third-order valence-electron chi connectivity index (χ3n) is 4.17. The number of amides is 1. The first-order valence-electron chi connectivity index (χ1n) is 8.54. The zero-order valence-corrected chi connectivity index (χ0v) is 15.6. The highest BCUT2D eigenvalue weighted by Gasteiger charge is 2.12. The van der Waals surface area contributed by atoms with Gasteiger partial charge in [0.05, 0.1) is 23.0 Å². The maximum absolute atomic E-state index is 12.7. The van der Waals surface area contributed by atoms with Crippen molar-refractivity contribution in [1.29, 1.82) is 0 Å². The fourth-order valence-electron chi connectivity index (χ4n) is 2.68. The van der Waals surface area contributed by atoms with Gasteiger partial charge in [-0.15, -0.1) is 0 Å². The monoisotopic (exact) mass is 352 g/mol. The van der Waals surface area contributed by atoms with E-state index in [-0.39, 0.29) is 5.91 Å². The van der Waals surface area contributed by atoms with Gasteiger partial charge in [0.15, 0.2) is 0 Å². The summed E-state index contributed by atoms with van der Waals surface area (Å²) in [6, 6.07) is 11.3. The van der Waals surface area contributed by atoms with E-state index in [1.54, 1.807) is 12.4 Å². The van der Waals surface area contributed by atoms with E-state index in [0.29, 0.717) is 23.6 Å². The van der Waals surface area contributed by atoms with Gasteiger partial charge in [-0.25, -0.2) is 4.98 Å². The van der Waals surface area contributed by atoms with Crippen LogP contribution in [0.2, 0.25) is 0 Å². The second-order valence-electron chi connectivity index (χ2n) is 6.66. The average molecular weight is 352 g/mol. The average Bonchev–Trinajstić information content (AvgIpc) is 2.97. The molecule has 0 aliphatic heterocycles. The van der Waals surface area contributed by atoms with E-state index in [1.807, 2.05) is 63.0 Å². The van der Waals surface area contributed by atoms with E-state index in [1.165, 1.54) is 0 Å². The number of aromatic nitrogens is 2. The molecule has 0 saturated heterocycles. The van der Waals surface area contributed by atoms with Gasteiger partial charge >= 0.3 is 0 Å². The van der Waals surface area contributed by atoms with Gasteiger partial charge in [0.2, 0.25) is 0 Å². The standard InChI is InChI=1S/C20H24N4O2/c1-14-5-8-19(26-10-9-23(2)3)17(11-14)22-20(25)15-6-7-18-16(12-15)21-13-24(18)4/h5-8,11-13H,9-10H2,1-4H3,(H,22,25). The van der Waals surface area contributed by atoms with Crippen LogP contribution in [0.15, 0.2) is 42.7 Å². The third kappa shape index (κ3) is 4.03. The third-order valence-corrected chi connectivity index (χ3v) is 4.17. The predicted molar refractivity (Wildman–Crippen MR) is 104 cm³/mol. The topological polar surface area (TPSA) is 59.4 Å². The number of nitrogens with zero attached hydrogens (tertiary/aromatic N) is 3. The number of hydrogen-bond donors (Lipinski definition) is 1. The van der Waals surface area contributed by atoms with Crippen LogP contribution in [0.3, 0.4) is 0 Å². The molecule has 6 heteroatoms. The van der Waals surface area contributed by atoms with Crippen molar-refractivity contribution < 1.29 is 9.53 Å². The highest BCUT2D eigenvalue weighted by Crippen LogP contribution is 2.26. The van der Waals surface area contributed by atoms with Gasteiger partial charge in [-0.1, -0.05) is 6.07 Å². The molecule has 1 aromatic heterocycles. The molecule has 1 amide bonds. The zero-order valence-electron chi connectivity index (χ0n) is 15.6. The lowest BCUT2D eigenvalue weighted by Crippen LogP contribution is -2.20. The quantitative estimate of drug-likeness (QED) is 0.741. The fourth-order valence-corrected chi connectivity index (χ4v) is 2.68. The molecule has 26 heavy (non-hydrogen) atoms. The van der Waals surface area contributed by atoms with Crippen molar-refractivity contribution in [1.82, 2.24) is 14.5 Å². The number of likely N-dealkylation sites (N-methyl/N-ethyl adjacent to an activating group) is 1. The number of benzene rings is 2. The molecule has 2 aromatic carbocycles. The van der Waals surface area contributed by atoms with Gasteiger partial charge in [-0.2, -0.15) is 0 Å². The minimum absolute atomic E-state index is 0.180. The van der Waals surface area contributed by atoms with Crippen molar-refractivity contribution in [2.45, 2.75) is 6.92 Å². The Bertz CT molecular complexity index is 931. The maximum Gasteiger partial charge on any atom is 0.255 e. The minimum Gasteiger partial charge on any atom is -0.490 e. The molecule has 0 atom stereocenters. The first-order valence-corrected chi connectivity index (χ1v) is 8.54. The van der Waals surface area contributed by atoms with Crippen molar-refractivity contribution in [2.75, 3.05) is 32.6 Å². The summed E-state index contributed by atoms with van der Waals surface area (Å²) in [5.74, 6) is 0.491. The number of anilines is 1. The Labute approximate surface area is 153 Å². The van der Waals surface area contributed by atoms with E-state index in [0.717, 1.165) is 23.1 Å². The highest BCUT2D eigenvalue weighted by atomic mass is 16.5. The SMILES string of the molecule is Cc1ccc(OCCN(C)C)c(NC(=O)c2ccc3c(c2)ncn3C)c1.